The number of hydrogen-bond acceptors (Lipinski definition) is 3. The fraction of sp³-hybridized carbons (Fsp3) is 0.0769. The summed E-state index contributed by atoms with van der Waals surface area (Å²) in [7, 11) is 1.60. The van der Waals surface area contributed by atoms with Gasteiger partial charge in [-0.2, -0.15) is 5.10 Å². The summed E-state index contributed by atoms with van der Waals surface area (Å²) in [4.78, 5) is 10.9. The van der Waals surface area contributed by atoms with Gasteiger partial charge >= 0.3 is 5.97 Å². The van der Waals surface area contributed by atoms with Crippen molar-refractivity contribution >= 4 is 16.9 Å². The van der Waals surface area contributed by atoms with Crippen LogP contribution in [0.1, 0.15) is 10.5 Å². The molecule has 0 saturated carbocycles. The topological polar surface area (TPSA) is 68.3 Å². The molecule has 0 amide bonds. The quantitative estimate of drug-likeness (QED) is 0.769. The third-order valence-corrected chi connectivity index (χ3v) is 2.86. The van der Waals surface area contributed by atoms with E-state index < -0.39 is 5.97 Å². The maximum Gasteiger partial charge on any atom is 0.356 e. The third-order valence-electron chi connectivity index (χ3n) is 2.86. The Morgan fingerprint density at radius 3 is 2.84 bits per heavy atom. The lowest BCUT2D eigenvalue weighted by atomic mass is 10.2. The lowest BCUT2D eigenvalue weighted by Gasteiger charge is -1.95. The minimum absolute atomic E-state index is 0.0848. The number of carbonyl (C=O) groups is 1. The first kappa shape index (κ1) is 11.5. The van der Waals surface area contributed by atoms with Crippen molar-refractivity contribution in [2.24, 2.45) is 7.05 Å². The lowest BCUT2D eigenvalue weighted by molar-refractivity contribution is 0.0689. The zero-order valence-corrected chi connectivity index (χ0v) is 9.92. The van der Waals surface area contributed by atoms with Gasteiger partial charge in [-0.3, -0.25) is 4.68 Å². The van der Waals surface area contributed by atoms with Crippen LogP contribution in [0.15, 0.2) is 34.7 Å². The second kappa shape index (κ2) is 3.94. The SMILES string of the molecule is Cn1nc(C(=O)O)cc1-c1cc2c(F)cccc2o1. The molecular formula is C13H9FN2O3. The first-order valence-electron chi connectivity index (χ1n) is 5.52. The molecule has 0 aliphatic rings. The largest absolute Gasteiger partial charge is 0.476 e. The van der Waals surface area contributed by atoms with Crippen LogP contribution in [0.3, 0.4) is 0 Å². The molecule has 0 unspecified atom stereocenters. The molecule has 0 bridgehead atoms. The van der Waals surface area contributed by atoms with Crippen LogP contribution < -0.4 is 0 Å². The molecule has 0 aliphatic carbocycles. The molecule has 0 fully saturated rings. The van der Waals surface area contributed by atoms with E-state index in [0.29, 0.717) is 22.4 Å². The van der Waals surface area contributed by atoms with Crippen molar-refractivity contribution in [2.75, 3.05) is 0 Å². The van der Waals surface area contributed by atoms with Gasteiger partial charge in [0.15, 0.2) is 11.5 Å². The van der Waals surface area contributed by atoms with Gasteiger partial charge < -0.3 is 9.52 Å². The van der Waals surface area contributed by atoms with E-state index in [9.17, 15) is 9.18 Å². The Hall–Kier alpha value is -2.63. The third kappa shape index (κ3) is 1.77. The summed E-state index contributed by atoms with van der Waals surface area (Å²) >= 11 is 0. The summed E-state index contributed by atoms with van der Waals surface area (Å²) in [5.74, 6) is -1.13. The van der Waals surface area contributed by atoms with Crippen molar-refractivity contribution in [3.8, 4) is 11.5 Å². The van der Waals surface area contributed by atoms with Gasteiger partial charge in [-0.05, 0) is 18.2 Å². The maximum absolute atomic E-state index is 13.6. The Kier molecular flexibility index (Phi) is 2.38. The van der Waals surface area contributed by atoms with E-state index in [-0.39, 0.29) is 11.5 Å². The number of hydrogen-bond donors (Lipinski definition) is 1. The summed E-state index contributed by atoms with van der Waals surface area (Å²) in [6, 6.07) is 7.46. The minimum Gasteiger partial charge on any atom is -0.476 e. The Bertz CT molecular complexity index is 788. The van der Waals surface area contributed by atoms with Crippen LogP contribution in [-0.2, 0) is 7.05 Å². The van der Waals surface area contributed by atoms with E-state index >= 15 is 0 Å². The molecule has 0 spiro atoms. The van der Waals surface area contributed by atoms with E-state index in [1.54, 1.807) is 19.2 Å². The van der Waals surface area contributed by atoms with Crippen LogP contribution >= 0.6 is 0 Å². The molecule has 6 heteroatoms. The highest BCUT2D eigenvalue weighted by atomic mass is 19.1. The molecule has 0 atom stereocenters. The van der Waals surface area contributed by atoms with Crippen LogP contribution in [-0.4, -0.2) is 20.9 Å². The first-order valence-corrected chi connectivity index (χ1v) is 5.52. The number of furan rings is 1. The van der Waals surface area contributed by atoms with Crippen molar-refractivity contribution in [3.63, 3.8) is 0 Å². The number of nitrogens with zero attached hydrogens (tertiary/aromatic N) is 2. The molecule has 1 N–H and O–H groups in total. The first-order chi connectivity index (χ1) is 9.06. The van der Waals surface area contributed by atoms with E-state index in [1.807, 2.05) is 0 Å². The van der Waals surface area contributed by atoms with E-state index in [2.05, 4.69) is 5.10 Å². The molecule has 1 aromatic carbocycles. The number of carboxylic acid groups (broad SMARTS) is 1. The lowest BCUT2D eigenvalue weighted by Crippen LogP contribution is -1.99. The molecule has 19 heavy (non-hydrogen) atoms. The van der Waals surface area contributed by atoms with Gasteiger partial charge in [0.2, 0.25) is 0 Å². The summed E-state index contributed by atoms with van der Waals surface area (Å²) in [6.45, 7) is 0. The van der Waals surface area contributed by atoms with Crippen LogP contribution in [0.5, 0.6) is 0 Å². The number of carboxylic acids is 1. The number of benzene rings is 1. The molecular weight excluding hydrogens is 251 g/mol. The predicted octanol–water partition coefficient (Wildman–Crippen LogP) is 2.67. The van der Waals surface area contributed by atoms with Gasteiger partial charge in [0, 0.05) is 13.1 Å². The second-order valence-corrected chi connectivity index (χ2v) is 4.11. The van der Waals surface area contributed by atoms with Crippen molar-refractivity contribution in [2.45, 2.75) is 0 Å². The number of rotatable bonds is 2. The monoisotopic (exact) mass is 260 g/mol. The fourth-order valence-corrected chi connectivity index (χ4v) is 1.95. The zero-order chi connectivity index (χ0) is 13.6. The molecule has 5 nitrogen and oxygen atoms in total. The highest BCUT2D eigenvalue weighted by molar-refractivity contribution is 5.88. The Labute approximate surface area is 106 Å². The Balaban J connectivity index is 2.19. The normalized spacial score (nSPS) is 11.1. The molecule has 3 aromatic rings. The number of aromatic nitrogens is 2. The van der Waals surface area contributed by atoms with Crippen LogP contribution in [0.4, 0.5) is 4.39 Å². The number of aryl methyl sites for hydroxylation is 1. The average molecular weight is 260 g/mol. The van der Waals surface area contributed by atoms with Gasteiger partial charge in [-0.1, -0.05) is 6.07 Å². The van der Waals surface area contributed by atoms with Crippen molar-refractivity contribution in [1.82, 2.24) is 9.78 Å². The molecule has 2 heterocycles. The molecule has 0 aliphatic heterocycles. The number of halogens is 1. The fourth-order valence-electron chi connectivity index (χ4n) is 1.95. The van der Waals surface area contributed by atoms with Crippen LogP contribution in [0.25, 0.3) is 22.4 Å². The van der Waals surface area contributed by atoms with Gasteiger partial charge in [0.1, 0.15) is 17.1 Å². The van der Waals surface area contributed by atoms with Crippen molar-refractivity contribution in [3.05, 3.63) is 41.8 Å². The maximum atomic E-state index is 13.6. The average Bonchev–Trinajstić information content (AvgIpc) is 2.93. The standard InChI is InChI=1S/C13H9FN2O3/c1-16-10(6-9(15-16)13(17)18)12-5-7-8(14)3-2-4-11(7)19-12/h2-6H,1H3,(H,17,18). The summed E-state index contributed by atoms with van der Waals surface area (Å²) in [5, 5.41) is 13.1. The Morgan fingerprint density at radius 2 is 2.21 bits per heavy atom. The van der Waals surface area contributed by atoms with Crippen LogP contribution in [0, 0.1) is 5.82 Å². The van der Waals surface area contributed by atoms with E-state index in [1.165, 1.54) is 22.9 Å². The number of fused-ring (bicyclic) bond motifs is 1. The van der Waals surface area contributed by atoms with E-state index in [4.69, 9.17) is 9.52 Å². The van der Waals surface area contributed by atoms with Gasteiger partial charge in [0.25, 0.3) is 0 Å². The van der Waals surface area contributed by atoms with Crippen LogP contribution in [0.2, 0.25) is 0 Å². The Morgan fingerprint density at radius 1 is 1.42 bits per heavy atom. The zero-order valence-electron chi connectivity index (χ0n) is 9.92. The van der Waals surface area contributed by atoms with E-state index in [0.717, 1.165) is 0 Å². The minimum atomic E-state index is -1.12. The predicted molar refractivity (Wildman–Crippen MR) is 65.3 cm³/mol. The summed E-state index contributed by atoms with van der Waals surface area (Å²) in [6.07, 6.45) is 0. The van der Waals surface area contributed by atoms with Gasteiger partial charge in [-0.25, -0.2) is 9.18 Å². The van der Waals surface area contributed by atoms with Gasteiger partial charge in [-0.15, -0.1) is 0 Å². The second-order valence-electron chi connectivity index (χ2n) is 4.11. The molecule has 2 aromatic heterocycles. The van der Waals surface area contributed by atoms with Crippen molar-refractivity contribution in [1.29, 1.82) is 0 Å². The number of aromatic carboxylic acids is 1. The highest BCUT2D eigenvalue weighted by Crippen LogP contribution is 2.29. The van der Waals surface area contributed by atoms with Crippen molar-refractivity contribution < 1.29 is 18.7 Å². The molecule has 3 rings (SSSR count). The molecule has 96 valence electrons. The van der Waals surface area contributed by atoms with Gasteiger partial charge in [0.05, 0.1) is 5.39 Å². The molecule has 0 saturated heterocycles. The summed E-state index contributed by atoms with van der Waals surface area (Å²) in [5.41, 5.74) is 0.805. The highest BCUT2D eigenvalue weighted by Gasteiger charge is 2.16. The molecule has 0 radical (unpaired) electrons. The summed E-state index contributed by atoms with van der Waals surface area (Å²) < 4.78 is 20.5. The smallest absolute Gasteiger partial charge is 0.356 e.